The predicted molar refractivity (Wildman–Crippen MR) is 60.5 cm³/mol. The minimum Gasteiger partial charge on any atom is -0.466 e. The van der Waals surface area contributed by atoms with Gasteiger partial charge in [0, 0.05) is 0 Å². The van der Waals surface area contributed by atoms with E-state index in [4.69, 9.17) is 4.74 Å². The molecule has 0 bridgehead atoms. The molecule has 3 heteroatoms. The fourth-order valence-electron chi connectivity index (χ4n) is 1.36. The second-order valence-electron chi connectivity index (χ2n) is 3.96. The van der Waals surface area contributed by atoms with Gasteiger partial charge in [-0.25, -0.2) is 0 Å². The molecule has 0 radical (unpaired) electrons. The van der Waals surface area contributed by atoms with Gasteiger partial charge in [-0.1, -0.05) is 11.6 Å². The molecule has 3 nitrogen and oxygen atoms in total. The number of rotatable bonds is 6. The lowest BCUT2D eigenvalue weighted by Crippen LogP contribution is -2.27. The maximum Gasteiger partial charge on any atom is 0.311 e. The number of hydrogen-bond acceptors (Lipinski definition) is 3. The molecule has 2 unspecified atom stereocenters. The Hall–Kier alpha value is -0.830. The maximum atomic E-state index is 11.5. The monoisotopic (exact) mass is 214 g/mol. The summed E-state index contributed by atoms with van der Waals surface area (Å²) in [7, 11) is 0. The van der Waals surface area contributed by atoms with Crippen molar-refractivity contribution >= 4 is 5.97 Å². The van der Waals surface area contributed by atoms with Gasteiger partial charge in [0.2, 0.25) is 0 Å². The van der Waals surface area contributed by atoms with E-state index in [1.165, 1.54) is 5.57 Å². The van der Waals surface area contributed by atoms with Gasteiger partial charge in [-0.3, -0.25) is 4.79 Å². The van der Waals surface area contributed by atoms with Crippen LogP contribution in [0.4, 0.5) is 0 Å². The highest BCUT2D eigenvalue weighted by Gasteiger charge is 2.23. The molecular formula is C12H22O3. The van der Waals surface area contributed by atoms with Crippen LogP contribution in [0.25, 0.3) is 0 Å². The summed E-state index contributed by atoms with van der Waals surface area (Å²) < 4.78 is 4.90. The first-order valence-electron chi connectivity index (χ1n) is 5.47. The molecule has 0 aliphatic heterocycles. The van der Waals surface area contributed by atoms with E-state index < -0.39 is 12.0 Å². The number of carbonyl (C=O) groups excluding carboxylic acids is 1. The smallest absolute Gasteiger partial charge is 0.311 e. The van der Waals surface area contributed by atoms with Crippen molar-refractivity contribution in [1.82, 2.24) is 0 Å². The van der Waals surface area contributed by atoms with Crippen LogP contribution in [0.3, 0.4) is 0 Å². The average molecular weight is 214 g/mol. The van der Waals surface area contributed by atoms with Crippen LogP contribution in [0.5, 0.6) is 0 Å². The van der Waals surface area contributed by atoms with E-state index in [0.29, 0.717) is 13.0 Å². The second-order valence-corrected chi connectivity index (χ2v) is 3.96. The largest absolute Gasteiger partial charge is 0.466 e. The number of aliphatic hydroxyl groups excluding tert-OH is 1. The summed E-state index contributed by atoms with van der Waals surface area (Å²) in [6.07, 6.45) is 2.86. The first-order chi connectivity index (χ1) is 6.99. The van der Waals surface area contributed by atoms with Crippen LogP contribution >= 0.6 is 0 Å². The van der Waals surface area contributed by atoms with Gasteiger partial charge >= 0.3 is 5.97 Å². The Kier molecular flexibility index (Phi) is 7.05. The van der Waals surface area contributed by atoms with E-state index in [-0.39, 0.29) is 5.97 Å². The van der Waals surface area contributed by atoms with Gasteiger partial charge < -0.3 is 9.84 Å². The van der Waals surface area contributed by atoms with Crippen molar-refractivity contribution in [2.75, 3.05) is 6.61 Å². The van der Waals surface area contributed by atoms with Crippen molar-refractivity contribution in [2.24, 2.45) is 5.92 Å². The van der Waals surface area contributed by atoms with Gasteiger partial charge in [-0.05, 0) is 40.5 Å². The predicted octanol–water partition coefficient (Wildman–Crippen LogP) is 2.29. The van der Waals surface area contributed by atoms with E-state index in [1.807, 2.05) is 13.8 Å². The molecule has 0 aromatic rings. The minimum absolute atomic E-state index is 0.297. The zero-order valence-electron chi connectivity index (χ0n) is 10.1. The van der Waals surface area contributed by atoms with E-state index >= 15 is 0 Å². The normalized spacial score (nSPS) is 14.2. The molecule has 0 saturated heterocycles. The minimum atomic E-state index is -0.644. The number of carbonyl (C=O) groups is 1. The van der Waals surface area contributed by atoms with Crippen LogP contribution in [0.15, 0.2) is 11.6 Å². The Bertz CT molecular complexity index is 215. The lowest BCUT2D eigenvalue weighted by atomic mass is 9.97. The van der Waals surface area contributed by atoms with Gasteiger partial charge in [0.05, 0.1) is 18.6 Å². The molecule has 0 amide bonds. The van der Waals surface area contributed by atoms with E-state index in [0.717, 1.165) is 6.42 Å². The zero-order valence-corrected chi connectivity index (χ0v) is 10.1. The standard InChI is InChI=1S/C12H22O3/c1-5-15-12(14)11(10(4)13)8-6-7-9(2)3/h7,10-11,13H,5-6,8H2,1-4H3. The van der Waals surface area contributed by atoms with Gasteiger partial charge in [0.25, 0.3) is 0 Å². The maximum absolute atomic E-state index is 11.5. The van der Waals surface area contributed by atoms with Gasteiger partial charge in [-0.2, -0.15) is 0 Å². The Morgan fingerprint density at radius 2 is 2.07 bits per heavy atom. The summed E-state index contributed by atoms with van der Waals surface area (Å²) in [5, 5.41) is 9.45. The van der Waals surface area contributed by atoms with E-state index in [1.54, 1.807) is 13.8 Å². The summed E-state index contributed by atoms with van der Waals surface area (Å²) >= 11 is 0. The third kappa shape index (κ3) is 6.28. The molecule has 0 aliphatic rings. The highest BCUT2D eigenvalue weighted by atomic mass is 16.5. The third-order valence-electron chi connectivity index (χ3n) is 2.20. The van der Waals surface area contributed by atoms with Gasteiger partial charge in [0.1, 0.15) is 0 Å². The fraction of sp³-hybridized carbons (Fsp3) is 0.750. The second kappa shape index (κ2) is 7.46. The van der Waals surface area contributed by atoms with Crippen LogP contribution in [-0.2, 0) is 9.53 Å². The molecule has 2 atom stereocenters. The molecule has 0 aliphatic carbocycles. The Labute approximate surface area is 92.1 Å². The molecule has 0 heterocycles. The Morgan fingerprint density at radius 3 is 2.47 bits per heavy atom. The van der Waals surface area contributed by atoms with Crippen molar-refractivity contribution in [2.45, 2.75) is 46.6 Å². The van der Waals surface area contributed by atoms with Gasteiger partial charge in [0.15, 0.2) is 0 Å². The van der Waals surface area contributed by atoms with E-state index in [2.05, 4.69) is 6.08 Å². The highest BCUT2D eigenvalue weighted by molar-refractivity contribution is 5.73. The lowest BCUT2D eigenvalue weighted by Gasteiger charge is -2.17. The van der Waals surface area contributed by atoms with Crippen LogP contribution in [-0.4, -0.2) is 23.8 Å². The topological polar surface area (TPSA) is 46.5 Å². The summed E-state index contributed by atoms with van der Waals surface area (Å²) in [4.78, 5) is 11.5. The molecule has 0 rings (SSSR count). The highest BCUT2D eigenvalue weighted by Crippen LogP contribution is 2.15. The Morgan fingerprint density at radius 1 is 1.47 bits per heavy atom. The number of ether oxygens (including phenoxy) is 1. The fourth-order valence-corrected chi connectivity index (χ4v) is 1.36. The number of allylic oxidation sites excluding steroid dienone is 2. The molecule has 1 N–H and O–H groups in total. The summed E-state index contributed by atoms with van der Waals surface area (Å²) in [6, 6.07) is 0. The molecule has 0 saturated carbocycles. The molecule has 0 aromatic heterocycles. The zero-order chi connectivity index (χ0) is 11.8. The lowest BCUT2D eigenvalue weighted by molar-refractivity contribution is -0.151. The van der Waals surface area contributed by atoms with E-state index in [9.17, 15) is 9.90 Å². The number of hydrogen-bond donors (Lipinski definition) is 1. The SMILES string of the molecule is CCOC(=O)C(CCC=C(C)C)C(C)O. The van der Waals surface area contributed by atoms with Crippen molar-refractivity contribution in [3.63, 3.8) is 0 Å². The molecule has 0 fully saturated rings. The molecule has 0 spiro atoms. The van der Waals surface area contributed by atoms with Crippen molar-refractivity contribution in [3.8, 4) is 0 Å². The van der Waals surface area contributed by atoms with Crippen molar-refractivity contribution in [1.29, 1.82) is 0 Å². The molecule has 88 valence electrons. The van der Waals surface area contributed by atoms with Crippen molar-refractivity contribution < 1.29 is 14.6 Å². The molecule has 0 aromatic carbocycles. The van der Waals surface area contributed by atoms with Crippen LogP contribution in [0.1, 0.15) is 40.5 Å². The van der Waals surface area contributed by atoms with Crippen molar-refractivity contribution in [3.05, 3.63) is 11.6 Å². The summed E-state index contributed by atoms with van der Waals surface area (Å²) in [6.45, 7) is 7.80. The van der Waals surface area contributed by atoms with Crippen LogP contribution in [0, 0.1) is 5.92 Å². The average Bonchev–Trinajstić information content (AvgIpc) is 2.11. The third-order valence-corrected chi connectivity index (χ3v) is 2.20. The first kappa shape index (κ1) is 14.2. The van der Waals surface area contributed by atoms with Crippen LogP contribution in [0.2, 0.25) is 0 Å². The summed E-state index contributed by atoms with van der Waals surface area (Å²) in [5.74, 6) is -0.699. The first-order valence-corrected chi connectivity index (χ1v) is 5.47. The number of aliphatic hydroxyl groups is 1. The number of esters is 1. The quantitative estimate of drug-likeness (QED) is 0.545. The van der Waals surface area contributed by atoms with Crippen LogP contribution < -0.4 is 0 Å². The molecular weight excluding hydrogens is 192 g/mol. The molecule has 15 heavy (non-hydrogen) atoms. The van der Waals surface area contributed by atoms with Gasteiger partial charge in [-0.15, -0.1) is 0 Å². The summed E-state index contributed by atoms with van der Waals surface area (Å²) in [5.41, 5.74) is 1.23. The Balaban J connectivity index is 4.16.